The summed E-state index contributed by atoms with van der Waals surface area (Å²) in [5.74, 6) is 1.99. The largest absolute Gasteiger partial charge is 0.357 e. The summed E-state index contributed by atoms with van der Waals surface area (Å²) < 4.78 is 5.17. The van der Waals surface area contributed by atoms with Crippen LogP contribution in [0.25, 0.3) is 11.6 Å². The summed E-state index contributed by atoms with van der Waals surface area (Å²) in [6.07, 6.45) is 5.53. The summed E-state index contributed by atoms with van der Waals surface area (Å²) in [6.45, 7) is 0. The number of aromatic amines is 1. The van der Waals surface area contributed by atoms with Gasteiger partial charge in [0.25, 0.3) is 5.89 Å². The van der Waals surface area contributed by atoms with Crippen LogP contribution >= 0.6 is 0 Å². The van der Waals surface area contributed by atoms with E-state index < -0.39 is 0 Å². The van der Waals surface area contributed by atoms with E-state index in [1.165, 1.54) is 19.3 Å². The third-order valence-electron chi connectivity index (χ3n) is 2.74. The van der Waals surface area contributed by atoms with Gasteiger partial charge >= 0.3 is 0 Å². The Morgan fingerprint density at radius 3 is 3.00 bits per heavy atom. The maximum absolute atomic E-state index is 5.17. The van der Waals surface area contributed by atoms with E-state index in [-0.39, 0.29) is 0 Å². The average Bonchev–Trinajstić information content (AvgIpc) is 2.65. The third kappa shape index (κ3) is 1.14. The zero-order chi connectivity index (χ0) is 9.38. The quantitative estimate of drug-likeness (QED) is 0.788. The van der Waals surface area contributed by atoms with Gasteiger partial charge in [-0.3, -0.25) is 0 Å². The second-order valence-corrected chi connectivity index (χ2v) is 3.67. The first kappa shape index (κ1) is 7.79. The fourth-order valence-electron chi connectivity index (χ4n) is 1.64. The van der Waals surface area contributed by atoms with Crippen molar-refractivity contribution < 1.29 is 4.52 Å². The molecule has 1 aliphatic carbocycles. The molecule has 2 aromatic rings. The first-order chi connectivity index (χ1) is 6.93. The molecule has 1 aliphatic rings. The van der Waals surface area contributed by atoms with Crippen molar-refractivity contribution in [1.29, 1.82) is 0 Å². The van der Waals surface area contributed by atoms with E-state index in [0.717, 1.165) is 11.5 Å². The lowest BCUT2D eigenvalue weighted by Crippen LogP contribution is -2.10. The average molecular weight is 189 g/mol. The normalized spacial score (nSPS) is 16.9. The summed E-state index contributed by atoms with van der Waals surface area (Å²) in [4.78, 5) is 7.41. The molecule has 4 heteroatoms. The summed E-state index contributed by atoms with van der Waals surface area (Å²) in [7, 11) is 0. The van der Waals surface area contributed by atoms with Crippen LogP contribution in [0.2, 0.25) is 0 Å². The fourth-order valence-corrected chi connectivity index (χ4v) is 1.64. The molecule has 3 rings (SSSR count). The topological polar surface area (TPSA) is 54.7 Å². The molecular weight excluding hydrogens is 178 g/mol. The molecule has 0 aliphatic heterocycles. The molecule has 1 saturated carbocycles. The predicted octanol–water partition coefficient (Wildman–Crippen LogP) is 2.33. The van der Waals surface area contributed by atoms with Crippen LogP contribution in [0.5, 0.6) is 0 Å². The standard InChI is InChI=1S/C10H11N3O/c1-3-7(4-1)9-12-10(14-13-9)8-5-2-6-11-8/h2,5-7,11H,1,3-4H2. The van der Waals surface area contributed by atoms with Crippen molar-refractivity contribution in [3.8, 4) is 11.6 Å². The molecule has 0 aromatic carbocycles. The molecular formula is C10H11N3O. The molecule has 14 heavy (non-hydrogen) atoms. The van der Waals surface area contributed by atoms with Crippen molar-refractivity contribution in [2.24, 2.45) is 0 Å². The molecule has 1 fully saturated rings. The van der Waals surface area contributed by atoms with Gasteiger partial charge < -0.3 is 9.51 Å². The summed E-state index contributed by atoms with van der Waals surface area (Å²) >= 11 is 0. The molecule has 0 unspecified atom stereocenters. The fraction of sp³-hybridized carbons (Fsp3) is 0.400. The Morgan fingerprint density at radius 1 is 1.43 bits per heavy atom. The SMILES string of the molecule is c1c[nH]c(-c2nc(C3CCC3)no2)c1. The van der Waals surface area contributed by atoms with Gasteiger partial charge in [-0.15, -0.1) is 0 Å². The summed E-state index contributed by atoms with van der Waals surface area (Å²) in [5, 5.41) is 3.99. The smallest absolute Gasteiger partial charge is 0.274 e. The summed E-state index contributed by atoms with van der Waals surface area (Å²) in [6, 6.07) is 3.85. The van der Waals surface area contributed by atoms with Crippen LogP contribution in [0.15, 0.2) is 22.9 Å². The third-order valence-corrected chi connectivity index (χ3v) is 2.74. The lowest BCUT2D eigenvalue weighted by Gasteiger charge is -2.20. The Hall–Kier alpha value is -1.58. The number of H-pyrrole nitrogens is 1. The highest BCUT2D eigenvalue weighted by molar-refractivity contribution is 5.46. The van der Waals surface area contributed by atoms with Gasteiger partial charge in [-0.2, -0.15) is 4.98 Å². The maximum atomic E-state index is 5.17. The highest BCUT2D eigenvalue weighted by atomic mass is 16.5. The summed E-state index contributed by atoms with van der Waals surface area (Å²) in [5.41, 5.74) is 0.892. The molecule has 2 aromatic heterocycles. The van der Waals surface area contributed by atoms with E-state index in [2.05, 4.69) is 15.1 Å². The maximum Gasteiger partial charge on any atom is 0.274 e. The zero-order valence-corrected chi connectivity index (χ0v) is 7.73. The minimum atomic E-state index is 0.530. The van der Waals surface area contributed by atoms with Gasteiger partial charge in [-0.1, -0.05) is 11.6 Å². The second kappa shape index (κ2) is 2.97. The van der Waals surface area contributed by atoms with Gasteiger partial charge in [0, 0.05) is 12.1 Å². The van der Waals surface area contributed by atoms with Gasteiger partial charge in [-0.25, -0.2) is 0 Å². The van der Waals surface area contributed by atoms with Crippen LogP contribution in [0, 0.1) is 0 Å². The highest BCUT2D eigenvalue weighted by Crippen LogP contribution is 2.35. The number of aromatic nitrogens is 3. The molecule has 1 N–H and O–H groups in total. The molecule has 4 nitrogen and oxygen atoms in total. The molecule has 0 bridgehead atoms. The van der Waals surface area contributed by atoms with E-state index in [9.17, 15) is 0 Å². The molecule has 0 spiro atoms. The Morgan fingerprint density at radius 2 is 2.36 bits per heavy atom. The van der Waals surface area contributed by atoms with Crippen molar-refractivity contribution in [3.05, 3.63) is 24.2 Å². The molecule has 0 saturated heterocycles. The monoisotopic (exact) mass is 189 g/mol. The van der Waals surface area contributed by atoms with E-state index in [0.29, 0.717) is 11.8 Å². The predicted molar refractivity (Wildman–Crippen MR) is 50.7 cm³/mol. The van der Waals surface area contributed by atoms with Crippen molar-refractivity contribution in [3.63, 3.8) is 0 Å². The van der Waals surface area contributed by atoms with Gasteiger partial charge in [0.2, 0.25) is 0 Å². The van der Waals surface area contributed by atoms with Gasteiger partial charge in [0.1, 0.15) is 5.69 Å². The molecule has 0 radical (unpaired) electrons. The van der Waals surface area contributed by atoms with Gasteiger partial charge in [0.15, 0.2) is 5.82 Å². The lowest BCUT2D eigenvalue weighted by atomic mass is 9.85. The number of hydrogen-bond donors (Lipinski definition) is 1. The molecule has 2 heterocycles. The first-order valence-corrected chi connectivity index (χ1v) is 4.91. The Kier molecular flexibility index (Phi) is 1.65. The molecule has 0 atom stereocenters. The van der Waals surface area contributed by atoms with Gasteiger partial charge in [-0.05, 0) is 25.0 Å². The minimum Gasteiger partial charge on any atom is -0.357 e. The van der Waals surface area contributed by atoms with E-state index in [1.54, 1.807) is 0 Å². The van der Waals surface area contributed by atoms with E-state index in [4.69, 9.17) is 4.52 Å². The van der Waals surface area contributed by atoms with Crippen LogP contribution in [0.4, 0.5) is 0 Å². The number of rotatable bonds is 2. The lowest BCUT2D eigenvalue weighted by molar-refractivity contribution is 0.366. The van der Waals surface area contributed by atoms with Crippen LogP contribution in [-0.4, -0.2) is 15.1 Å². The molecule has 72 valence electrons. The van der Waals surface area contributed by atoms with Crippen molar-refractivity contribution in [1.82, 2.24) is 15.1 Å². The van der Waals surface area contributed by atoms with E-state index in [1.807, 2.05) is 18.3 Å². The number of nitrogens with zero attached hydrogens (tertiary/aromatic N) is 2. The Balaban J connectivity index is 1.90. The highest BCUT2D eigenvalue weighted by Gasteiger charge is 2.24. The van der Waals surface area contributed by atoms with Crippen LogP contribution in [0.3, 0.4) is 0 Å². The second-order valence-electron chi connectivity index (χ2n) is 3.67. The van der Waals surface area contributed by atoms with Crippen molar-refractivity contribution in [2.75, 3.05) is 0 Å². The minimum absolute atomic E-state index is 0.530. The number of hydrogen-bond acceptors (Lipinski definition) is 3. The van der Waals surface area contributed by atoms with Crippen LogP contribution < -0.4 is 0 Å². The van der Waals surface area contributed by atoms with Gasteiger partial charge in [0.05, 0.1) is 0 Å². The Bertz CT molecular complexity index is 414. The zero-order valence-electron chi connectivity index (χ0n) is 7.73. The number of nitrogens with one attached hydrogen (secondary N) is 1. The van der Waals surface area contributed by atoms with Crippen LogP contribution in [0.1, 0.15) is 31.0 Å². The van der Waals surface area contributed by atoms with E-state index >= 15 is 0 Å². The van der Waals surface area contributed by atoms with Crippen molar-refractivity contribution in [2.45, 2.75) is 25.2 Å². The first-order valence-electron chi connectivity index (χ1n) is 4.91. The van der Waals surface area contributed by atoms with Crippen molar-refractivity contribution >= 4 is 0 Å². The molecule has 0 amide bonds. The van der Waals surface area contributed by atoms with Crippen LogP contribution in [-0.2, 0) is 0 Å². The Labute approximate surface area is 81.3 Å².